The Morgan fingerprint density at radius 1 is 1.35 bits per heavy atom. The van der Waals surface area contributed by atoms with Gasteiger partial charge in [0, 0.05) is 58.7 Å². The van der Waals surface area contributed by atoms with Crippen LogP contribution in [0, 0.1) is 0 Å². The van der Waals surface area contributed by atoms with Crippen LogP contribution in [-0.2, 0) is 20.9 Å². The molecule has 0 aromatic heterocycles. The smallest absolute Gasteiger partial charge is 0.225 e. The van der Waals surface area contributed by atoms with Gasteiger partial charge in [0.2, 0.25) is 11.8 Å². The van der Waals surface area contributed by atoms with Crippen LogP contribution in [0.4, 0.5) is 0 Å². The molecule has 1 aliphatic heterocycles. The van der Waals surface area contributed by atoms with Crippen LogP contribution in [0.3, 0.4) is 0 Å². The minimum atomic E-state index is -0.465. The highest BCUT2D eigenvalue weighted by Crippen LogP contribution is 2.11. The number of rotatable bonds is 9. The molecule has 1 heterocycles. The molecule has 2 rings (SSSR count). The quantitative estimate of drug-likeness (QED) is 0.626. The summed E-state index contributed by atoms with van der Waals surface area (Å²) in [5.74, 6) is -0.576. The number of carbonyl (C=O) groups is 2. The van der Waals surface area contributed by atoms with Gasteiger partial charge in [0.15, 0.2) is 0 Å². The van der Waals surface area contributed by atoms with Crippen molar-refractivity contribution < 1.29 is 14.3 Å². The van der Waals surface area contributed by atoms with Gasteiger partial charge in [0.25, 0.3) is 0 Å². The Morgan fingerprint density at radius 3 is 2.73 bits per heavy atom. The van der Waals surface area contributed by atoms with Gasteiger partial charge in [-0.3, -0.25) is 14.5 Å². The first-order valence-electron chi connectivity index (χ1n) is 9.10. The van der Waals surface area contributed by atoms with Crippen molar-refractivity contribution in [3.8, 4) is 0 Å². The number of ether oxygens (including phenoxy) is 1. The molecule has 1 aliphatic rings. The third-order valence-corrected chi connectivity index (χ3v) is 4.69. The zero-order valence-electron chi connectivity index (χ0n) is 15.7. The standard InChI is InChI=1S/C19H30N4O3/c1-15(26-2)23(19(25)9-8-18(20)24)14-17-13-22(11-10-21-17)12-16-6-4-3-5-7-16/h3-7,15,17,21H,8-14H2,1-2H3,(H2,20,24)/t15?,17-/m0/s1. The third kappa shape index (κ3) is 6.40. The van der Waals surface area contributed by atoms with Crippen LogP contribution in [0.2, 0.25) is 0 Å². The molecule has 2 atom stereocenters. The molecule has 3 N–H and O–H groups in total. The number of benzene rings is 1. The lowest BCUT2D eigenvalue weighted by atomic mass is 10.1. The summed E-state index contributed by atoms with van der Waals surface area (Å²) in [5, 5.41) is 3.48. The summed E-state index contributed by atoms with van der Waals surface area (Å²) < 4.78 is 5.35. The fraction of sp³-hybridized carbons (Fsp3) is 0.579. The first-order chi connectivity index (χ1) is 12.5. The van der Waals surface area contributed by atoms with E-state index in [-0.39, 0.29) is 31.0 Å². The normalized spacial score (nSPS) is 19.1. The Labute approximate surface area is 155 Å². The number of nitrogens with two attached hydrogens (primary N) is 1. The van der Waals surface area contributed by atoms with E-state index in [1.165, 1.54) is 5.56 Å². The van der Waals surface area contributed by atoms with Crippen LogP contribution in [0.15, 0.2) is 30.3 Å². The highest BCUT2D eigenvalue weighted by molar-refractivity contribution is 5.83. The van der Waals surface area contributed by atoms with Crippen molar-refractivity contribution in [3.63, 3.8) is 0 Å². The maximum absolute atomic E-state index is 12.5. The van der Waals surface area contributed by atoms with Crippen LogP contribution in [-0.4, -0.2) is 67.2 Å². The second-order valence-electron chi connectivity index (χ2n) is 6.72. The van der Waals surface area contributed by atoms with E-state index in [9.17, 15) is 9.59 Å². The number of carbonyl (C=O) groups excluding carboxylic acids is 2. The molecule has 1 aromatic carbocycles. The predicted molar refractivity (Wildman–Crippen MR) is 100 cm³/mol. The Hall–Kier alpha value is -1.96. The molecule has 0 bridgehead atoms. The van der Waals surface area contributed by atoms with E-state index in [0.717, 1.165) is 26.2 Å². The lowest BCUT2D eigenvalue weighted by Gasteiger charge is -2.38. The highest BCUT2D eigenvalue weighted by atomic mass is 16.5. The zero-order chi connectivity index (χ0) is 18.9. The minimum Gasteiger partial charge on any atom is -0.370 e. The van der Waals surface area contributed by atoms with Gasteiger partial charge in [0.05, 0.1) is 0 Å². The van der Waals surface area contributed by atoms with Crippen molar-refractivity contribution in [3.05, 3.63) is 35.9 Å². The van der Waals surface area contributed by atoms with Gasteiger partial charge < -0.3 is 20.7 Å². The van der Waals surface area contributed by atoms with E-state index in [4.69, 9.17) is 10.5 Å². The topological polar surface area (TPSA) is 87.9 Å². The number of hydrogen-bond donors (Lipinski definition) is 2. The number of primary amides is 1. The van der Waals surface area contributed by atoms with Crippen molar-refractivity contribution in [1.82, 2.24) is 15.1 Å². The second-order valence-corrected chi connectivity index (χ2v) is 6.72. The number of piperazine rings is 1. The molecule has 0 spiro atoms. The molecule has 1 fully saturated rings. The highest BCUT2D eigenvalue weighted by Gasteiger charge is 2.27. The van der Waals surface area contributed by atoms with Gasteiger partial charge in [0.1, 0.15) is 6.23 Å². The summed E-state index contributed by atoms with van der Waals surface area (Å²) in [5.41, 5.74) is 6.45. The molecule has 1 saturated heterocycles. The maximum Gasteiger partial charge on any atom is 0.225 e. The molecular formula is C19H30N4O3. The Bertz CT molecular complexity index is 581. The summed E-state index contributed by atoms with van der Waals surface area (Å²) in [6, 6.07) is 10.5. The molecule has 144 valence electrons. The van der Waals surface area contributed by atoms with Crippen molar-refractivity contribution in [2.75, 3.05) is 33.3 Å². The molecule has 7 nitrogen and oxygen atoms in total. The Kier molecular flexibility index (Phi) is 8.03. The average Bonchev–Trinajstić information content (AvgIpc) is 2.64. The summed E-state index contributed by atoms with van der Waals surface area (Å²) in [6.45, 7) is 5.98. The van der Waals surface area contributed by atoms with Gasteiger partial charge >= 0.3 is 0 Å². The zero-order valence-corrected chi connectivity index (χ0v) is 15.7. The molecule has 2 amide bonds. The molecule has 1 aromatic rings. The molecule has 26 heavy (non-hydrogen) atoms. The summed E-state index contributed by atoms with van der Waals surface area (Å²) >= 11 is 0. The molecular weight excluding hydrogens is 332 g/mol. The largest absolute Gasteiger partial charge is 0.370 e. The van der Waals surface area contributed by atoms with Crippen molar-refractivity contribution in [1.29, 1.82) is 0 Å². The monoisotopic (exact) mass is 362 g/mol. The van der Waals surface area contributed by atoms with Gasteiger partial charge in [-0.15, -0.1) is 0 Å². The summed E-state index contributed by atoms with van der Waals surface area (Å²) in [4.78, 5) is 27.5. The lowest BCUT2D eigenvalue weighted by Crippen LogP contribution is -2.56. The van der Waals surface area contributed by atoms with Gasteiger partial charge in [-0.05, 0) is 12.5 Å². The fourth-order valence-electron chi connectivity index (χ4n) is 3.19. The van der Waals surface area contributed by atoms with Gasteiger partial charge in [-0.25, -0.2) is 0 Å². The second kappa shape index (κ2) is 10.3. The van der Waals surface area contributed by atoms with Crippen LogP contribution in [0.1, 0.15) is 25.3 Å². The third-order valence-electron chi connectivity index (χ3n) is 4.69. The summed E-state index contributed by atoms with van der Waals surface area (Å²) in [7, 11) is 1.58. The Balaban J connectivity index is 1.93. The minimum absolute atomic E-state index is 0.0595. The SMILES string of the molecule is COC(C)N(C[C@@H]1CN(Cc2ccccc2)CCN1)C(=O)CCC(N)=O. The van der Waals surface area contributed by atoms with Gasteiger partial charge in [-0.1, -0.05) is 30.3 Å². The number of nitrogens with one attached hydrogen (secondary N) is 1. The van der Waals surface area contributed by atoms with E-state index in [1.807, 2.05) is 13.0 Å². The van der Waals surface area contributed by atoms with Crippen LogP contribution < -0.4 is 11.1 Å². The fourth-order valence-corrected chi connectivity index (χ4v) is 3.19. The number of nitrogens with zero attached hydrogens (tertiary/aromatic N) is 2. The molecule has 0 saturated carbocycles. The van der Waals surface area contributed by atoms with Crippen LogP contribution in [0.5, 0.6) is 0 Å². The first-order valence-corrected chi connectivity index (χ1v) is 9.10. The van der Waals surface area contributed by atoms with E-state index < -0.39 is 5.91 Å². The van der Waals surface area contributed by atoms with Crippen LogP contribution in [0.25, 0.3) is 0 Å². The number of methoxy groups -OCH3 is 1. The van der Waals surface area contributed by atoms with E-state index in [0.29, 0.717) is 6.54 Å². The predicted octanol–water partition coefficient (Wildman–Crippen LogP) is 0.547. The molecule has 1 unspecified atom stereocenters. The molecule has 0 radical (unpaired) electrons. The number of hydrogen-bond acceptors (Lipinski definition) is 5. The maximum atomic E-state index is 12.5. The Morgan fingerprint density at radius 2 is 2.08 bits per heavy atom. The molecule has 0 aliphatic carbocycles. The number of amides is 2. The lowest BCUT2D eigenvalue weighted by molar-refractivity contribution is -0.144. The van der Waals surface area contributed by atoms with Crippen LogP contribution >= 0.6 is 0 Å². The van der Waals surface area contributed by atoms with E-state index in [2.05, 4.69) is 34.5 Å². The van der Waals surface area contributed by atoms with Crippen molar-refractivity contribution in [2.45, 2.75) is 38.6 Å². The first kappa shape index (κ1) is 20.4. The van der Waals surface area contributed by atoms with E-state index in [1.54, 1.807) is 12.0 Å². The van der Waals surface area contributed by atoms with E-state index >= 15 is 0 Å². The molecule has 7 heteroatoms. The average molecular weight is 362 g/mol. The van der Waals surface area contributed by atoms with Crippen molar-refractivity contribution >= 4 is 11.8 Å². The van der Waals surface area contributed by atoms with Crippen molar-refractivity contribution in [2.24, 2.45) is 5.73 Å². The summed E-state index contributed by atoms with van der Waals surface area (Å²) in [6.07, 6.45) is -0.172. The van der Waals surface area contributed by atoms with Gasteiger partial charge in [-0.2, -0.15) is 0 Å².